The summed E-state index contributed by atoms with van der Waals surface area (Å²) in [4.78, 5) is 15.1. The Bertz CT molecular complexity index is 756. The van der Waals surface area contributed by atoms with Crippen LogP contribution in [0.2, 0.25) is 0 Å². The molecule has 0 saturated carbocycles. The van der Waals surface area contributed by atoms with Crippen LogP contribution >= 0.6 is 15.9 Å². The molecule has 0 heterocycles. The molecule has 0 fully saturated rings. The lowest BCUT2D eigenvalue weighted by molar-refractivity contribution is 0.162. The fourth-order valence-electron chi connectivity index (χ4n) is 2.09. The summed E-state index contributed by atoms with van der Waals surface area (Å²) < 4.78 is 11.7. The molecule has 0 atom stereocenters. The number of nitrogens with zero attached hydrogens (tertiary/aromatic N) is 1. The van der Waals surface area contributed by atoms with Gasteiger partial charge in [0.25, 0.3) is 0 Å². The monoisotopic (exact) mass is 388 g/mol. The first-order valence-corrected chi connectivity index (χ1v) is 8.24. The van der Waals surface area contributed by atoms with E-state index in [2.05, 4.69) is 26.1 Å². The van der Waals surface area contributed by atoms with Crippen molar-refractivity contribution in [2.24, 2.45) is 0 Å². The maximum absolute atomic E-state index is 11.8. The largest absolute Gasteiger partial charge is 0.494 e. The second-order valence-electron chi connectivity index (χ2n) is 4.86. The van der Waals surface area contributed by atoms with Gasteiger partial charge in [0.05, 0.1) is 19.8 Å². The molecule has 0 aromatic heterocycles. The Balaban J connectivity index is 1.87. The van der Waals surface area contributed by atoms with Crippen LogP contribution in [-0.2, 0) is 11.2 Å². The van der Waals surface area contributed by atoms with E-state index in [0.29, 0.717) is 24.4 Å². The molecular formula is C18H17BrN2O3. The lowest BCUT2D eigenvalue weighted by atomic mass is 10.1. The molecular weight excluding hydrogens is 372 g/mol. The second-order valence-corrected chi connectivity index (χ2v) is 5.77. The first-order valence-electron chi connectivity index (χ1n) is 7.45. The Labute approximate surface area is 149 Å². The zero-order valence-electron chi connectivity index (χ0n) is 13.2. The van der Waals surface area contributed by atoms with Gasteiger partial charge < -0.3 is 9.47 Å². The summed E-state index contributed by atoms with van der Waals surface area (Å²) in [6.07, 6.45) is 0.00481. The number of ether oxygens (including phenoxy) is 2. The third-order valence-corrected chi connectivity index (χ3v) is 3.65. The number of halogens is 1. The van der Waals surface area contributed by atoms with Crippen LogP contribution in [0.3, 0.4) is 0 Å². The Kier molecular flexibility index (Phi) is 6.64. The van der Waals surface area contributed by atoms with Gasteiger partial charge in [0.2, 0.25) is 0 Å². The van der Waals surface area contributed by atoms with E-state index < -0.39 is 6.09 Å². The van der Waals surface area contributed by atoms with Gasteiger partial charge in [-0.3, -0.25) is 5.32 Å². The van der Waals surface area contributed by atoms with E-state index in [0.717, 1.165) is 15.8 Å². The summed E-state index contributed by atoms with van der Waals surface area (Å²) in [5.74, 6) is 0.778. The number of benzene rings is 2. The molecule has 0 aliphatic carbocycles. The summed E-state index contributed by atoms with van der Waals surface area (Å²) >= 11 is 3.41. The molecule has 2 rings (SSSR count). The minimum atomic E-state index is -0.549. The molecule has 124 valence electrons. The molecule has 2 aromatic carbocycles. The van der Waals surface area contributed by atoms with E-state index in [4.69, 9.17) is 16.0 Å². The topological polar surface area (TPSA) is 51.9 Å². The minimum Gasteiger partial charge on any atom is -0.494 e. The molecule has 5 nitrogen and oxygen atoms in total. The molecule has 0 spiro atoms. The van der Waals surface area contributed by atoms with Crippen LogP contribution in [0.4, 0.5) is 16.2 Å². The Hall–Kier alpha value is -2.52. The van der Waals surface area contributed by atoms with Crippen molar-refractivity contribution in [2.75, 3.05) is 18.5 Å². The van der Waals surface area contributed by atoms with Crippen LogP contribution in [0.25, 0.3) is 4.85 Å². The average molecular weight is 389 g/mol. The smallest absolute Gasteiger partial charge is 0.411 e. The summed E-state index contributed by atoms with van der Waals surface area (Å²) in [5, 5.41) is 2.61. The van der Waals surface area contributed by atoms with Crippen LogP contribution in [0.1, 0.15) is 12.5 Å². The second kappa shape index (κ2) is 8.94. The van der Waals surface area contributed by atoms with Gasteiger partial charge in [-0.1, -0.05) is 34.1 Å². The Morgan fingerprint density at radius 1 is 1.29 bits per heavy atom. The van der Waals surface area contributed by atoms with Crippen molar-refractivity contribution in [2.45, 2.75) is 13.3 Å². The van der Waals surface area contributed by atoms with Crippen molar-refractivity contribution < 1.29 is 14.3 Å². The standard InChI is InChI=1S/C18H17BrN2O3/c1-3-23-17-11-14(19)8-7-13(17)9-10-24-18(22)21-16-6-4-5-15(12-16)20-2/h4-8,11-12H,3,9-10H2,1H3,(H,21,22). The van der Waals surface area contributed by atoms with Crippen LogP contribution in [-0.4, -0.2) is 19.3 Å². The van der Waals surface area contributed by atoms with Crippen LogP contribution < -0.4 is 10.1 Å². The number of hydrogen-bond donors (Lipinski definition) is 1. The van der Waals surface area contributed by atoms with Crippen molar-refractivity contribution in [1.29, 1.82) is 0 Å². The van der Waals surface area contributed by atoms with Gasteiger partial charge in [0, 0.05) is 16.6 Å². The van der Waals surface area contributed by atoms with E-state index in [-0.39, 0.29) is 6.61 Å². The molecule has 0 aliphatic rings. The lowest BCUT2D eigenvalue weighted by Gasteiger charge is -2.11. The minimum absolute atomic E-state index is 0.232. The molecule has 6 heteroatoms. The van der Waals surface area contributed by atoms with Crippen LogP contribution in [0.5, 0.6) is 5.75 Å². The molecule has 24 heavy (non-hydrogen) atoms. The van der Waals surface area contributed by atoms with E-state index >= 15 is 0 Å². The van der Waals surface area contributed by atoms with Crippen molar-refractivity contribution in [3.63, 3.8) is 0 Å². The predicted octanol–water partition coefficient (Wildman–Crippen LogP) is 5.19. The summed E-state index contributed by atoms with van der Waals surface area (Å²) in [7, 11) is 0. The maximum Gasteiger partial charge on any atom is 0.411 e. The third-order valence-electron chi connectivity index (χ3n) is 3.16. The van der Waals surface area contributed by atoms with Gasteiger partial charge >= 0.3 is 6.09 Å². The van der Waals surface area contributed by atoms with E-state index in [9.17, 15) is 4.79 Å². The highest BCUT2D eigenvalue weighted by Crippen LogP contribution is 2.24. The first kappa shape index (κ1) is 17.8. The molecule has 1 N–H and O–H groups in total. The van der Waals surface area contributed by atoms with Crippen molar-refractivity contribution in [3.05, 3.63) is 63.9 Å². The molecule has 0 radical (unpaired) electrons. The fourth-order valence-corrected chi connectivity index (χ4v) is 2.43. The molecule has 0 bridgehead atoms. The highest BCUT2D eigenvalue weighted by Gasteiger charge is 2.07. The van der Waals surface area contributed by atoms with Crippen molar-refractivity contribution in [1.82, 2.24) is 0 Å². The van der Waals surface area contributed by atoms with Crippen molar-refractivity contribution >= 4 is 33.4 Å². The molecule has 0 saturated heterocycles. The highest BCUT2D eigenvalue weighted by molar-refractivity contribution is 9.10. The summed E-state index contributed by atoms with van der Waals surface area (Å²) in [5.41, 5.74) is 1.97. The third kappa shape index (κ3) is 5.28. The van der Waals surface area contributed by atoms with Gasteiger partial charge in [-0.05, 0) is 36.8 Å². The van der Waals surface area contributed by atoms with Gasteiger partial charge in [0.1, 0.15) is 5.75 Å². The molecule has 2 aromatic rings. The van der Waals surface area contributed by atoms with Gasteiger partial charge in [-0.25, -0.2) is 9.64 Å². The number of hydrogen-bond acceptors (Lipinski definition) is 3. The SMILES string of the molecule is [C-]#[N+]c1cccc(NC(=O)OCCc2ccc(Br)cc2OCC)c1. The molecule has 1 amide bonds. The fraction of sp³-hybridized carbons (Fsp3) is 0.222. The van der Waals surface area contributed by atoms with Crippen LogP contribution in [0, 0.1) is 6.57 Å². The summed E-state index contributed by atoms with van der Waals surface area (Å²) in [6.45, 7) is 9.69. The number of carbonyl (C=O) groups is 1. The van der Waals surface area contributed by atoms with Gasteiger partial charge in [0.15, 0.2) is 5.69 Å². The summed E-state index contributed by atoms with van der Waals surface area (Å²) in [6, 6.07) is 12.4. The van der Waals surface area contributed by atoms with Gasteiger partial charge in [-0.15, -0.1) is 0 Å². The number of nitrogens with one attached hydrogen (secondary N) is 1. The maximum atomic E-state index is 11.8. The average Bonchev–Trinajstić information content (AvgIpc) is 2.57. The van der Waals surface area contributed by atoms with E-state index in [1.54, 1.807) is 24.3 Å². The quantitative estimate of drug-likeness (QED) is 0.692. The number of carbonyl (C=O) groups excluding carboxylic acids is 1. The lowest BCUT2D eigenvalue weighted by Crippen LogP contribution is -2.15. The number of rotatable bonds is 6. The zero-order chi connectivity index (χ0) is 17.4. The van der Waals surface area contributed by atoms with E-state index in [1.165, 1.54) is 0 Å². The first-order chi connectivity index (χ1) is 11.6. The highest BCUT2D eigenvalue weighted by atomic mass is 79.9. The normalized spacial score (nSPS) is 9.88. The van der Waals surface area contributed by atoms with Crippen LogP contribution in [0.15, 0.2) is 46.9 Å². The molecule has 0 unspecified atom stereocenters. The predicted molar refractivity (Wildman–Crippen MR) is 96.7 cm³/mol. The van der Waals surface area contributed by atoms with Crippen molar-refractivity contribution in [3.8, 4) is 5.75 Å². The zero-order valence-corrected chi connectivity index (χ0v) is 14.8. The molecule has 0 aliphatic heterocycles. The van der Waals surface area contributed by atoms with Gasteiger partial charge in [-0.2, -0.15) is 0 Å². The number of anilines is 1. The number of amides is 1. The van der Waals surface area contributed by atoms with E-state index in [1.807, 2.05) is 25.1 Å². The Morgan fingerprint density at radius 3 is 2.88 bits per heavy atom. The Morgan fingerprint density at radius 2 is 2.12 bits per heavy atom.